The topological polar surface area (TPSA) is 51.8 Å². The lowest BCUT2D eigenvalue weighted by Gasteiger charge is -1.98. The van der Waals surface area contributed by atoms with Gasteiger partial charge in [-0.3, -0.25) is 4.98 Å². The third-order valence-electron chi connectivity index (χ3n) is 1.56. The van der Waals surface area contributed by atoms with E-state index in [-0.39, 0.29) is 0 Å². The van der Waals surface area contributed by atoms with E-state index in [0.717, 1.165) is 10.4 Å². The van der Waals surface area contributed by atoms with Gasteiger partial charge in [0, 0.05) is 18.0 Å². The van der Waals surface area contributed by atoms with Gasteiger partial charge in [0.25, 0.3) is 0 Å². The van der Waals surface area contributed by atoms with Crippen LogP contribution in [0.4, 0.5) is 5.69 Å². The van der Waals surface area contributed by atoms with Crippen LogP contribution < -0.4 is 5.73 Å². The summed E-state index contributed by atoms with van der Waals surface area (Å²) in [5, 5.41) is 0. The quantitative estimate of drug-likeness (QED) is 0.722. The minimum atomic E-state index is 0.696. The zero-order valence-electron chi connectivity index (χ0n) is 6.27. The molecule has 0 saturated heterocycles. The van der Waals surface area contributed by atoms with Gasteiger partial charge in [0.05, 0.1) is 16.8 Å². The number of nitrogen functional groups attached to an aromatic ring is 1. The Hall–Kier alpha value is -1.42. The number of anilines is 1. The van der Waals surface area contributed by atoms with Crippen LogP contribution in [0.1, 0.15) is 0 Å². The SMILES string of the molecule is Nc1cnccc1-c1ccns1. The average Bonchev–Trinajstić information content (AvgIpc) is 2.57. The van der Waals surface area contributed by atoms with Gasteiger partial charge in [-0.15, -0.1) is 0 Å². The molecule has 12 heavy (non-hydrogen) atoms. The molecule has 0 atom stereocenters. The van der Waals surface area contributed by atoms with Gasteiger partial charge in [0.15, 0.2) is 0 Å². The highest BCUT2D eigenvalue weighted by atomic mass is 32.1. The van der Waals surface area contributed by atoms with Crippen LogP contribution in [0.5, 0.6) is 0 Å². The summed E-state index contributed by atoms with van der Waals surface area (Å²) in [4.78, 5) is 4.99. The Morgan fingerprint density at radius 1 is 1.25 bits per heavy atom. The second kappa shape index (κ2) is 2.91. The molecule has 0 aromatic carbocycles. The van der Waals surface area contributed by atoms with Crippen LogP contribution in [-0.4, -0.2) is 9.36 Å². The van der Waals surface area contributed by atoms with E-state index in [9.17, 15) is 0 Å². The molecule has 0 radical (unpaired) electrons. The van der Waals surface area contributed by atoms with E-state index in [1.165, 1.54) is 11.5 Å². The summed E-state index contributed by atoms with van der Waals surface area (Å²) in [5.74, 6) is 0. The molecule has 0 amide bonds. The van der Waals surface area contributed by atoms with Crippen molar-refractivity contribution >= 4 is 17.2 Å². The largest absolute Gasteiger partial charge is 0.397 e. The fourth-order valence-corrected chi connectivity index (χ4v) is 1.63. The van der Waals surface area contributed by atoms with Crippen LogP contribution >= 0.6 is 11.5 Å². The van der Waals surface area contributed by atoms with E-state index < -0.39 is 0 Å². The van der Waals surface area contributed by atoms with Gasteiger partial charge in [-0.2, -0.15) is 0 Å². The van der Waals surface area contributed by atoms with E-state index in [4.69, 9.17) is 5.73 Å². The van der Waals surface area contributed by atoms with E-state index in [1.807, 2.05) is 12.1 Å². The van der Waals surface area contributed by atoms with Gasteiger partial charge in [-0.25, -0.2) is 4.37 Å². The Kier molecular flexibility index (Phi) is 1.75. The first-order valence-corrected chi connectivity index (χ1v) is 4.26. The van der Waals surface area contributed by atoms with E-state index in [2.05, 4.69) is 9.36 Å². The zero-order chi connectivity index (χ0) is 8.39. The van der Waals surface area contributed by atoms with Crippen LogP contribution in [0.15, 0.2) is 30.7 Å². The van der Waals surface area contributed by atoms with E-state index in [1.54, 1.807) is 18.6 Å². The predicted octanol–water partition coefficient (Wildman–Crippen LogP) is 1.79. The molecule has 0 aliphatic heterocycles. The standard InChI is InChI=1S/C8H7N3S/c9-7-5-10-3-1-6(7)8-2-4-11-12-8/h1-5H,9H2. The van der Waals surface area contributed by atoms with Crippen LogP contribution in [0, 0.1) is 0 Å². The molecule has 60 valence electrons. The molecular formula is C8H7N3S. The third kappa shape index (κ3) is 1.16. The molecule has 4 heteroatoms. The van der Waals surface area contributed by atoms with E-state index in [0.29, 0.717) is 5.69 Å². The molecule has 0 spiro atoms. The maximum atomic E-state index is 5.73. The summed E-state index contributed by atoms with van der Waals surface area (Å²) >= 11 is 1.43. The van der Waals surface area contributed by atoms with Crippen molar-refractivity contribution < 1.29 is 0 Å². The highest BCUT2D eigenvalue weighted by Gasteiger charge is 2.02. The van der Waals surface area contributed by atoms with Crippen LogP contribution in [0.25, 0.3) is 10.4 Å². The second-order valence-corrected chi connectivity index (χ2v) is 3.17. The summed E-state index contributed by atoms with van der Waals surface area (Å²) in [6, 6.07) is 3.83. The van der Waals surface area contributed by atoms with Crippen molar-refractivity contribution in [1.82, 2.24) is 9.36 Å². The number of hydrogen-bond acceptors (Lipinski definition) is 4. The average molecular weight is 177 g/mol. The van der Waals surface area contributed by atoms with Crippen molar-refractivity contribution in [3.05, 3.63) is 30.7 Å². The molecule has 0 saturated carbocycles. The maximum absolute atomic E-state index is 5.73. The van der Waals surface area contributed by atoms with Gasteiger partial charge in [-0.1, -0.05) is 0 Å². The van der Waals surface area contributed by atoms with Gasteiger partial charge < -0.3 is 5.73 Å². The minimum Gasteiger partial charge on any atom is -0.397 e. The Balaban J connectivity index is 2.55. The molecule has 0 fully saturated rings. The number of hydrogen-bond donors (Lipinski definition) is 1. The highest BCUT2D eigenvalue weighted by Crippen LogP contribution is 2.26. The van der Waals surface area contributed by atoms with Crippen molar-refractivity contribution in [2.45, 2.75) is 0 Å². The van der Waals surface area contributed by atoms with Crippen molar-refractivity contribution in [3.8, 4) is 10.4 Å². The Morgan fingerprint density at radius 3 is 2.83 bits per heavy atom. The Labute approximate surface area is 74.0 Å². The summed E-state index contributed by atoms with van der Waals surface area (Å²) in [6.07, 6.45) is 5.14. The lowest BCUT2D eigenvalue weighted by Crippen LogP contribution is -1.88. The first kappa shape index (κ1) is 7.24. The summed E-state index contributed by atoms with van der Waals surface area (Å²) < 4.78 is 4.01. The molecular weight excluding hydrogens is 170 g/mol. The lowest BCUT2D eigenvalue weighted by atomic mass is 10.2. The van der Waals surface area contributed by atoms with E-state index >= 15 is 0 Å². The van der Waals surface area contributed by atoms with Crippen molar-refractivity contribution in [1.29, 1.82) is 0 Å². The smallest absolute Gasteiger partial charge is 0.0589 e. The fraction of sp³-hybridized carbons (Fsp3) is 0. The van der Waals surface area contributed by atoms with Crippen LogP contribution in [0.2, 0.25) is 0 Å². The van der Waals surface area contributed by atoms with Gasteiger partial charge >= 0.3 is 0 Å². The van der Waals surface area contributed by atoms with Gasteiger partial charge in [-0.05, 0) is 23.7 Å². The lowest BCUT2D eigenvalue weighted by molar-refractivity contribution is 1.34. The molecule has 2 heterocycles. The molecule has 2 N–H and O–H groups in total. The number of nitrogens with zero attached hydrogens (tertiary/aromatic N) is 2. The molecule has 3 nitrogen and oxygen atoms in total. The van der Waals surface area contributed by atoms with Crippen molar-refractivity contribution in [2.24, 2.45) is 0 Å². The fourth-order valence-electron chi connectivity index (χ4n) is 0.986. The minimum absolute atomic E-state index is 0.696. The Morgan fingerprint density at radius 2 is 2.17 bits per heavy atom. The monoisotopic (exact) mass is 177 g/mol. The van der Waals surface area contributed by atoms with Gasteiger partial charge in [0.2, 0.25) is 0 Å². The zero-order valence-corrected chi connectivity index (χ0v) is 7.08. The molecule has 0 unspecified atom stereocenters. The first-order chi connectivity index (χ1) is 5.88. The molecule has 2 aromatic heterocycles. The number of aromatic nitrogens is 2. The predicted molar refractivity (Wildman–Crippen MR) is 49.8 cm³/mol. The summed E-state index contributed by atoms with van der Waals surface area (Å²) in [6.45, 7) is 0. The first-order valence-electron chi connectivity index (χ1n) is 3.48. The molecule has 0 aliphatic rings. The second-order valence-electron chi connectivity index (χ2n) is 2.34. The molecule has 0 bridgehead atoms. The molecule has 2 aromatic rings. The highest BCUT2D eigenvalue weighted by molar-refractivity contribution is 7.09. The van der Waals surface area contributed by atoms with Crippen molar-refractivity contribution in [2.75, 3.05) is 5.73 Å². The Bertz CT molecular complexity index is 370. The van der Waals surface area contributed by atoms with Gasteiger partial charge in [0.1, 0.15) is 0 Å². The normalized spacial score (nSPS) is 10.0. The number of rotatable bonds is 1. The third-order valence-corrected chi connectivity index (χ3v) is 2.33. The van der Waals surface area contributed by atoms with Crippen LogP contribution in [-0.2, 0) is 0 Å². The maximum Gasteiger partial charge on any atom is 0.0589 e. The molecule has 2 rings (SSSR count). The summed E-state index contributed by atoms with van der Waals surface area (Å²) in [7, 11) is 0. The molecule has 0 aliphatic carbocycles. The number of pyridine rings is 1. The number of nitrogens with two attached hydrogens (primary N) is 1. The summed E-state index contributed by atoms with van der Waals surface area (Å²) in [5.41, 5.74) is 7.43. The van der Waals surface area contributed by atoms with Crippen LogP contribution in [0.3, 0.4) is 0 Å². The van der Waals surface area contributed by atoms with Crippen molar-refractivity contribution in [3.63, 3.8) is 0 Å².